The highest BCUT2D eigenvalue weighted by atomic mass is 127. The third kappa shape index (κ3) is 4.91. The summed E-state index contributed by atoms with van der Waals surface area (Å²) in [4.78, 5) is 9.06. The van der Waals surface area contributed by atoms with Crippen LogP contribution >= 0.6 is 24.0 Å². The van der Waals surface area contributed by atoms with E-state index in [2.05, 4.69) is 44.9 Å². The average molecular weight is 536 g/mol. The quantitative estimate of drug-likeness (QED) is 0.333. The van der Waals surface area contributed by atoms with E-state index in [0.717, 1.165) is 53.5 Å². The highest BCUT2D eigenvalue weighted by molar-refractivity contribution is 14.0. The lowest BCUT2D eigenvalue weighted by Gasteiger charge is -2.40. The van der Waals surface area contributed by atoms with Crippen LogP contribution in [0.25, 0.3) is 0 Å². The zero-order valence-electron chi connectivity index (χ0n) is 18.8. The molecule has 0 radical (unpaired) electrons. The van der Waals surface area contributed by atoms with E-state index in [1.807, 2.05) is 27.1 Å². The number of aliphatic imine (C=N–C) groups is 1. The van der Waals surface area contributed by atoms with Crippen molar-refractivity contribution >= 4 is 29.9 Å². The first-order chi connectivity index (χ1) is 14.5. The number of aromatic nitrogens is 1. The molecule has 0 bridgehead atoms. The second-order valence-corrected chi connectivity index (χ2v) is 8.40. The molecule has 1 atom stereocenters. The molecular formula is C24H33IN4O2. The number of guanidine groups is 1. The molecule has 1 aromatic heterocycles. The Bertz CT molecular complexity index is 941. The smallest absolute Gasteiger partial charge is 0.191 e. The van der Waals surface area contributed by atoms with Crippen LogP contribution in [0.5, 0.6) is 11.5 Å². The molecule has 168 valence electrons. The summed E-state index contributed by atoms with van der Waals surface area (Å²) in [6.07, 6.45) is 7.54. The molecule has 7 heteroatoms. The number of para-hydroxylation sites is 1. The number of methoxy groups -OCH3 is 1. The first-order valence-electron chi connectivity index (χ1n) is 10.8. The minimum absolute atomic E-state index is 0. The number of pyridine rings is 1. The van der Waals surface area contributed by atoms with Crippen molar-refractivity contribution in [3.63, 3.8) is 0 Å². The van der Waals surface area contributed by atoms with Crippen molar-refractivity contribution in [3.05, 3.63) is 52.8 Å². The van der Waals surface area contributed by atoms with Gasteiger partial charge in [-0.3, -0.25) is 9.98 Å². The first kappa shape index (κ1) is 23.6. The van der Waals surface area contributed by atoms with Crippen molar-refractivity contribution in [2.24, 2.45) is 4.99 Å². The van der Waals surface area contributed by atoms with Gasteiger partial charge in [-0.1, -0.05) is 18.2 Å². The van der Waals surface area contributed by atoms with E-state index in [1.165, 1.54) is 18.4 Å². The van der Waals surface area contributed by atoms with Crippen LogP contribution in [0.15, 0.2) is 35.5 Å². The number of fused-ring (bicyclic) bond motifs is 1. The maximum atomic E-state index is 6.48. The van der Waals surface area contributed by atoms with Gasteiger partial charge in [0, 0.05) is 36.4 Å². The van der Waals surface area contributed by atoms with Gasteiger partial charge in [0.05, 0.1) is 25.4 Å². The van der Waals surface area contributed by atoms with Crippen LogP contribution in [0.2, 0.25) is 0 Å². The number of nitrogens with one attached hydrogen (secondary N) is 2. The normalized spacial score (nSPS) is 19.2. The van der Waals surface area contributed by atoms with Crippen LogP contribution < -0.4 is 20.1 Å². The molecule has 1 unspecified atom stereocenters. The minimum Gasteiger partial charge on any atom is -0.496 e. The third-order valence-corrected chi connectivity index (χ3v) is 6.42. The predicted molar refractivity (Wildman–Crippen MR) is 135 cm³/mol. The Kier molecular flexibility index (Phi) is 7.67. The van der Waals surface area contributed by atoms with Crippen molar-refractivity contribution in [3.8, 4) is 11.5 Å². The van der Waals surface area contributed by atoms with Gasteiger partial charge in [0.2, 0.25) is 0 Å². The van der Waals surface area contributed by atoms with Crippen LogP contribution in [-0.4, -0.2) is 30.7 Å². The number of nitrogens with zero attached hydrogens (tertiary/aromatic N) is 2. The Morgan fingerprint density at radius 3 is 2.71 bits per heavy atom. The molecule has 0 saturated heterocycles. The molecule has 0 amide bonds. The number of rotatable bonds is 4. The van der Waals surface area contributed by atoms with Crippen molar-refractivity contribution in [2.45, 2.75) is 64.1 Å². The van der Waals surface area contributed by atoms with Gasteiger partial charge in [0.1, 0.15) is 17.1 Å². The zero-order valence-corrected chi connectivity index (χ0v) is 21.2. The van der Waals surface area contributed by atoms with Crippen LogP contribution in [0.3, 0.4) is 0 Å². The van der Waals surface area contributed by atoms with Crippen molar-refractivity contribution in [2.75, 3.05) is 14.2 Å². The number of halogens is 1. The molecule has 4 rings (SSSR count). The topological polar surface area (TPSA) is 67.8 Å². The summed E-state index contributed by atoms with van der Waals surface area (Å²) in [5.41, 5.74) is 4.21. The molecular weight excluding hydrogens is 503 g/mol. The summed E-state index contributed by atoms with van der Waals surface area (Å²) in [6.45, 7) is 4.64. The van der Waals surface area contributed by atoms with E-state index in [0.29, 0.717) is 6.54 Å². The Hall–Kier alpha value is -2.03. The monoisotopic (exact) mass is 536 g/mol. The summed E-state index contributed by atoms with van der Waals surface area (Å²) in [5, 5.41) is 7.08. The number of benzene rings is 1. The lowest BCUT2D eigenvalue weighted by atomic mass is 9.86. The van der Waals surface area contributed by atoms with Crippen molar-refractivity contribution < 1.29 is 9.47 Å². The number of hydrogen-bond donors (Lipinski definition) is 2. The summed E-state index contributed by atoms with van der Waals surface area (Å²) < 4.78 is 12.0. The highest BCUT2D eigenvalue weighted by Crippen LogP contribution is 2.46. The van der Waals surface area contributed by atoms with E-state index < -0.39 is 0 Å². The average Bonchev–Trinajstić information content (AvgIpc) is 3.19. The zero-order chi connectivity index (χ0) is 21.1. The number of hydrogen-bond acceptors (Lipinski definition) is 4. The minimum atomic E-state index is -0.0483. The van der Waals surface area contributed by atoms with Gasteiger partial charge < -0.3 is 20.1 Å². The Morgan fingerprint density at radius 1 is 1.26 bits per heavy atom. The van der Waals surface area contributed by atoms with Gasteiger partial charge in [-0.2, -0.15) is 0 Å². The van der Waals surface area contributed by atoms with Crippen molar-refractivity contribution in [1.29, 1.82) is 0 Å². The van der Waals surface area contributed by atoms with Gasteiger partial charge in [0.25, 0.3) is 0 Å². The van der Waals surface area contributed by atoms with Gasteiger partial charge in [0.15, 0.2) is 5.96 Å². The fraction of sp³-hybridized carbons (Fsp3) is 0.500. The molecule has 2 aliphatic rings. The summed E-state index contributed by atoms with van der Waals surface area (Å²) in [6, 6.07) is 8.53. The molecule has 1 aliphatic carbocycles. The summed E-state index contributed by atoms with van der Waals surface area (Å²) >= 11 is 0. The first-order valence-corrected chi connectivity index (χ1v) is 10.8. The van der Waals surface area contributed by atoms with E-state index in [-0.39, 0.29) is 35.6 Å². The fourth-order valence-corrected chi connectivity index (χ4v) is 4.85. The molecule has 2 N–H and O–H groups in total. The number of ether oxygens (including phenoxy) is 2. The molecule has 1 aliphatic heterocycles. The van der Waals surface area contributed by atoms with Crippen LogP contribution in [0.4, 0.5) is 0 Å². The molecule has 1 aromatic carbocycles. The second kappa shape index (κ2) is 10.1. The molecule has 1 spiro atoms. The molecule has 1 saturated carbocycles. The van der Waals surface area contributed by atoms with Gasteiger partial charge in [-0.15, -0.1) is 24.0 Å². The van der Waals surface area contributed by atoms with Crippen LogP contribution in [-0.2, 0) is 6.54 Å². The SMILES string of the molecule is CN=C(NCc1ncc(C)c(OC)c1C)NC1CC2(CCCC2)Oc2ccccc21.I. The summed E-state index contributed by atoms with van der Waals surface area (Å²) in [7, 11) is 3.51. The molecule has 31 heavy (non-hydrogen) atoms. The molecule has 1 fully saturated rings. The maximum absolute atomic E-state index is 6.48. The van der Waals surface area contributed by atoms with Crippen LogP contribution in [0, 0.1) is 13.8 Å². The van der Waals surface area contributed by atoms with Gasteiger partial charge >= 0.3 is 0 Å². The summed E-state index contributed by atoms with van der Waals surface area (Å²) in [5.74, 6) is 2.66. The maximum Gasteiger partial charge on any atom is 0.191 e. The lowest BCUT2D eigenvalue weighted by molar-refractivity contribution is 0.0396. The standard InChI is InChI=1S/C24H32N4O2.HI/c1-16-14-26-20(17(2)22(16)29-4)15-27-23(25-3)28-19-13-24(11-7-8-12-24)30-21-10-6-5-9-18(19)21;/h5-6,9-10,14,19H,7-8,11-13,15H2,1-4H3,(H2,25,27,28);1H. The van der Waals surface area contributed by atoms with E-state index in [1.54, 1.807) is 7.11 Å². The fourth-order valence-electron chi connectivity index (χ4n) is 4.85. The highest BCUT2D eigenvalue weighted by Gasteiger charge is 2.43. The van der Waals surface area contributed by atoms with E-state index in [4.69, 9.17) is 9.47 Å². The third-order valence-electron chi connectivity index (χ3n) is 6.42. The van der Waals surface area contributed by atoms with E-state index in [9.17, 15) is 0 Å². The van der Waals surface area contributed by atoms with Gasteiger partial charge in [-0.25, -0.2) is 0 Å². The molecule has 2 heterocycles. The molecule has 6 nitrogen and oxygen atoms in total. The number of aryl methyl sites for hydroxylation is 1. The van der Waals surface area contributed by atoms with Crippen LogP contribution in [0.1, 0.15) is 60.5 Å². The second-order valence-electron chi connectivity index (χ2n) is 8.40. The van der Waals surface area contributed by atoms with Crippen molar-refractivity contribution in [1.82, 2.24) is 15.6 Å². The predicted octanol–water partition coefficient (Wildman–Crippen LogP) is 4.83. The van der Waals surface area contributed by atoms with Gasteiger partial charge in [-0.05, 0) is 45.6 Å². The largest absolute Gasteiger partial charge is 0.496 e. The molecule has 2 aromatic rings. The van der Waals surface area contributed by atoms with E-state index >= 15 is 0 Å². The Balaban J connectivity index is 0.00000272. The lowest BCUT2D eigenvalue weighted by Crippen LogP contribution is -2.46. The Morgan fingerprint density at radius 2 is 2.00 bits per heavy atom. The Labute approximate surface area is 202 Å².